The summed E-state index contributed by atoms with van der Waals surface area (Å²) < 4.78 is 42.4. The SMILES string of the molecule is O=C(O)C1=C2OCCOC2C(c2cc(-c3cc(-c4ccc(-c5cccc6nsnc56)s4)ccn3)nc(-c3cc(-c4sc(C(=O)O)c5c4OCCO5)cc(-c4cc(-c5ccc(-c6cccc7nsnc67)s5)ccn4)n3)c2)S1. The van der Waals surface area contributed by atoms with E-state index in [4.69, 9.17) is 38.9 Å². The Morgan fingerprint density at radius 2 is 1.07 bits per heavy atom. The van der Waals surface area contributed by atoms with E-state index >= 15 is 0 Å². The Labute approximate surface area is 454 Å². The van der Waals surface area contributed by atoms with Gasteiger partial charge in [-0.3, -0.25) is 9.97 Å². The topological polar surface area (TPSA) is 215 Å². The molecule has 3 aliphatic heterocycles. The average molecular weight is 1110 g/mol. The van der Waals surface area contributed by atoms with Gasteiger partial charge in [-0.15, -0.1) is 45.8 Å². The van der Waals surface area contributed by atoms with Gasteiger partial charge in [-0.1, -0.05) is 24.3 Å². The van der Waals surface area contributed by atoms with Crippen molar-refractivity contribution in [2.24, 2.45) is 0 Å². The van der Waals surface area contributed by atoms with Crippen molar-refractivity contribution in [2.45, 2.75) is 11.4 Å². The van der Waals surface area contributed by atoms with E-state index in [2.05, 4.69) is 53.9 Å². The van der Waals surface area contributed by atoms with Crippen molar-refractivity contribution in [3.63, 3.8) is 0 Å². The molecule has 12 heterocycles. The molecule has 2 atom stereocenters. The van der Waals surface area contributed by atoms with E-state index in [0.29, 0.717) is 55.9 Å². The molecule has 2 unspecified atom stereocenters. The van der Waals surface area contributed by atoms with Gasteiger partial charge in [-0.2, -0.15) is 17.5 Å². The Balaban J connectivity index is 0.920. The number of hydrogen-bond donors (Lipinski definition) is 2. The van der Waals surface area contributed by atoms with Gasteiger partial charge in [0, 0.05) is 48.6 Å². The molecule has 2 N–H and O–H groups in total. The lowest BCUT2D eigenvalue weighted by Crippen LogP contribution is -2.28. The zero-order chi connectivity index (χ0) is 51.0. The number of carboxylic acid groups (broad SMARTS) is 2. The summed E-state index contributed by atoms with van der Waals surface area (Å²) in [5.74, 6) is -1.46. The van der Waals surface area contributed by atoms with Gasteiger partial charge >= 0.3 is 11.9 Å². The van der Waals surface area contributed by atoms with Crippen LogP contribution in [0.15, 0.2) is 132 Å². The van der Waals surface area contributed by atoms with Gasteiger partial charge in [0.25, 0.3) is 0 Å². The monoisotopic (exact) mass is 1110 g/mol. The summed E-state index contributed by atoms with van der Waals surface area (Å²) in [6.07, 6.45) is 2.80. The normalized spacial score (nSPS) is 16.1. The zero-order valence-electron chi connectivity index (χ0n) is 38.9. The van der Waals surface area contributed by atoms with Crippen molar-refractivity contribution in [2.75, 3.05) is 26.4 Å². The fourth-order valence-corrected chi connectivity index (χ4v) is 14.9. The lowest BCUT2D eigenvalue weighted by atomic mass is 10.0. The summed E-state index contributed by atoms with van der Waals surface area (Å²) in [4.78, 5) is 50.4. The van der Waals surface area contributed by atoms with E-state index in [9.17, 15) is 19.8 Å². The van der Waals surface area contributed by atoms with Crippen LogP contribution in [0.25, 0.3) is 108 Å². The standard InChI is InChI=1S/C54H32N8O8S6/c63-53(64)51-47-45(67-15-17-69-47)49(73-51)27-21-35(33-19-25(11-13-55-33)39-7-9-41(71-39)29-3-1-5-31-43(29)61-75-59-31)57-37(23-27)38-24-28(50-46-48(70-18-16-68-46)52(74-50)54(65)66)22-36(58-38)34-20-26(12-14-56-34)40-8-10-42(72-40)30-4-2-6-32-44(30)62-76-60-32/h1-14,19-24,45,49H,15-18H2,(H,63,64)(H,65,66). The maximum atomic E-state index is 12.7. The molecule has 372 valence electrons. The number of carbonyl (C=O) groups is 2. The zero-order valence-corrected chi connectivity index (χ0v) is 43.8. The smallest absolute Gasteiger partial charge is 0.349 e. The molecule has 1 saturated heterocycles. The highest BCUT2D eigenvalue weighted by Crippen LogP contribution is 2.53. The minimum atomic E-state index is -1.14. The van der Waals surface area contributed by atoms with Crippen molar-refractivity contribution in [1.29, 1.82) is 0 Å². The second-order valence-corrected chi connectivity index (χ2v) is 22.9. The van der Waals surface area contributed by atoms with E-state index in [1.54, 1.807) is 35.1 Å². The van der Waals surface area contributed by atoms with Crippen molar-refractivity contribution in [3.05, 3.63) is 143 Å². The quantitative estimate of drug-likeness (QED) is 0.123. The number of aromatic carboxylic acids is 1. The number of thiophene rings is 3. The Hall–Kier alpha value is -7.83. The summed E-state index contributed by atoms with van der Waals surface area (Å²) >= 11 is 7.85. The number of hydrogen-bond acceptors (Lipinski definition) is 20. The van der Waals surface area contributed by atoms with E-state index in [1.807, 2.05) is 72.8 Å². The Morgan fingerprint density at radius 3 is 1.67 bits per heavy atom. The second-order valence-electron chi connectivity index (χ2n) is 17.5. The number of rotatable bonds is 11. The Kier molecular flexibility index (Phi) is 11.7. The molecule has 16 nitrogen and oxygen atoms in total. The molecule has 76 heavy (non-hydrogen) atoms. The van der Waals surface area contributed by atoms with E-state index in [1.165, 1.54) is 23.5 Å². The highest BCUT2D eigenvalue weighted by molar-refractivity contribution is 8.04. The molecule has 0 spiro atoms. The number of pyridine rings is 4. The number of aromatic nitrogens is 8. The van der Waals surface area contributed by atoms with Gasteiger partial charge in [-0.05, 0) is 102 Å². The number of thioether (sulfide) groups is 1. The van der Waals surface area contributed by atoms with Crippen molar-refractivity contribution >= 4 is 103 Å². The molecule has 0 bridgehead atoms. The number of nitrogens with zero attached hydrogens (tertiary/aromatic N) is 8. The van der Waals surface area contributed by atoms with Crippen molar-refractivity contribution < 1.29 is 38.7 Å². The summed E-state index contributed by atoms with van der Waals surface area (Å²) in [7, 11) is 0. The molecule has 1 fully saturated rings. The fourth-order valence-electron chi connectivity index (χ4n) is 9.47. The van der Waals surface area contributed by atoms with Gasteiger partial charge in [0.1, 0.15) is 58.7 Å². The maximum absolute atomic E-state index is 12.7. The summed E-state index contributed by atoms with van der Waals surface area (Å²) in [6.45, 7) is 0.939. The highest BCUT2D eigenvalue weighted by Gasteiger charge is 2.44. The second kappa shape index (κ2) is 19.1. The summed E-state index contributed by atoms with van der Waals surface area (Å²) in [5.41, 5.74) is 11.5. The van der Waals surface area contributed by atoms with E-state index in [0.717, 1.165) is 86.9 Å². The van der Waals surface area contributed by atoms with Gasteiger partial charge in [0.15, 0.2) is 16.4 Å². The van der Waals surface area contributed by atoms with Gasteiger partial charge in [0.2, 0.25) is 0 Å². The molecule has 0 aliphatic carbocycles. The number of ether oxygens (including phenoxy) is 4. The third-order valence-corrected chi connectivity index (χ3v) is 18.9. The number of carboxylic acids is 2. The van der Waals surface area contributed by atoms with Crippen LogP contribution in [0.3, 0.4) is 0 Å². The fraction of sp³-hybridized carbons (Fsp3) is 0.111. The van der Waals surface area contributed by atoms with Crippen molar-refractivity contribution in [3.8, 4) is 97.9 Å². The molecular formula is C54H32N8O8S6. The minimum Gasteiger partial charge on any atom is -0.491 e. The van der Waals surface area contributed by atoms with Crippen LogP contribution in [-0.2, 0) is 14.3 Å². The number of benzene rings is 2. The molecule has 11 aromatic rings. The molecule has 22 heteroatoms. The van der Waals surface area contributed by atoms with Gasteiger partial charge in [0.05, 0.1) is 74.4 Å². The molecule has 0 amide bonds. The molecular weight excluding hydrogens is 1080 g/mol. The first-order valence-corrected chi connectivity index (χ1v) is 28.2. The highest BCUT2D eigenvalue weighted by atomic mass is 32.2. The van der Waals surface area contributed by atoms with Gasteiger partial charge in [-0.25, -0.2) is 19.6 Å². The van der Waals surface area contributed by atoms with Crippen LogP contribution in [0.1, 0.15) is 20.5 Å². The Bertz CT molecular complexity index is 4200. The number of aliphatic carboxylic acids is 1. The molecule has 0 saturated carbocycles. The third-order valence-electron chi connectivity index (χ3n) is 12.9. The van der Waals surface area contributed by atoms with Crippen LogP contribution >= 0.6 is 69.2 Å². The van der Waals surface area contributed by atoms with Crippen LogP contribution in [0.2, 0.25) is 0 Å². The lowest BCUT2D eigenvalue weighted by Gasteiger charge is -2.27. The first kappa shape index (κ1) is 46.7. The average Bonchev–Trinajstić information content (AvgIpc) is 4.37. The predicted molar refractivity (Wildman–Crippen MR) is 295 cm³/mol. The van der Waals surface area contributed by atoms with Crippen LogP contribution in [0.4, 0.5) is 0 Å². The maximum Gasteiger partial charge on any atom is 0.349 e. The molecule has 9 aromatic heterocycles. The first-order valence-electron chi connectivity index (χ1n) is 23.4. The van der Waals surface area contributed by atoms with E-state index in [-0.39, 0.29) is 47.7 Å². The van der Waals surface area contributed by atoms with Crippen LogP contribution in [0.5, 0.6) is 11.5 Å². The molecule has 0 radical (unpaired) electrons. The summed E-state index contributed by atoms with van der Waals surface area (Å²) in [6, 6.07) is 35.7. The van der Waals surface area contributed by atoms with Crippen molar-refractivity contribution in [1.82, 2.24) is 37.4 Å². The largest absolute Gasteiger partial charge is 0.491 e. The minimum absolute atomic E-state index is 0.0104. The van der Waals surface area contributed by atoms with Crippen LogP contribution < -0.4 is 9.47 Å². The van der Waals surface area contributed by atoms with Crippen LogP contribution in [0, 0.1) is 0 Å². The Morgan fingerprint density at radius 1 is 0.526 bits per heavy atom. The van der Waals surface area contributed by atoms with E-state index < -0.39 is 23.3 Å². The summed E-state index contributed by atoms with van der Waals surface area (Å²) in [5, 5.41) is 20.2. The third kappa shape index (κ3) is 8.29. The van der Waals surface area contributed by atoms with Crippen LogP contribution in [-0.4, -0.2) is 92.1 Å². The predicted octanol–water partition coefficient (Wildman–Crippen LogP) is 12.8. The first-order chi connectivity index (χ1) is 37.3. The molecule has 14 rings (SSSR count). The molecule has 3 aliphatic rings. The lowest BCUT2D eigenvalue weighted by molar-refractivity contribution is -0.132. The number of fused-ring (bicyclic) bond motifs is 4. The molecule has 2 aromatic carbocycles. The van der Waals surface area contributed by atoms with Gasteiger partial charge < -0.3 is 29.2 Å².